The largest absolute Gasteiger partial charge is 0.466 e. The Kier molecular flexibility index (Phi) is 4.37. The van der Waals surface area contributed by atoms with Gasteiger partial charge in [-0.25, -0.2) is 4.79 Å². The van der Waals surface area contributed by atoms with Crippen LogP contribution < -0.4 is 0 Å². The van der Waals surface area contributed by atoms with E-state index >= 15 is 0 Å². The zero-order valence-corrected chi connectivity index (χ0v) is 11.0. The molecule has 1 saturated heterocycles. The summed E-state index contributed by atoms with van der Waals surface area (Å²) in [5.41, 5.74) is -0.467. The van der Waals surface area contributed by atoms with Crippen molar-refractivity contribution in [2.24, 2.45) is 5.92 Å². The summed E-state index contributed by atoms with van der Waals surface area (Å²) >= 11 is 0. The van der Waals surface area contributed by atoms with E-state index in [9.17, 15) is 9.59 Å². The van der Waals surface area contributed by atoms with Crippen LogP contribution in [0.2, 0.25) is 0 Å². The lowest BCUT2D eigenvalue weighted by atomic mass is 10.1. The highest BCUT2D eigenvalue weighted by molar-refractivity contribution is 5.68. The first-order valence-electron chi connectivity index (χ1n) is 5.89. The molecule has 17 heavy (non-hydrogen) atoms. The van der Waals surface area contributed by atoms with E-state index in [0.717, 1.165) is 6.42 Å². The van der Waals surface area contributed by atoms with Crippen LogP contribution in [0.4, 0.5) is 4.79 Å². The van der Waals surface area contributed by atoms with Crippen molar-refractivity contribution in [2.75, 3.05) is 19.7 Å². The van der Waals surface area contributed by atoms with Gasteiger partial charge in [0.15, 0.2) is 0 Å². The third-order valence-electron chi connectivity index (χ3n) is 2.46. The van der Waals surface area contributed by atoms with Gasteiger partial charge in [0.05, 0.1) is 6.61 Å². The molecule has 0 N–H and O–H groups in total. The fourth-order valence-electron chi connectivity index (χ4n) is 1.70. The first-order chi connectivity index (χ1) is 7.78. The van der Waals surface area contributed by atoms with E-state index in [1.54, 1.807) is 4.90 Å². The second-order valence-electron chi connectivity index (χ2n) is 5.38. The van der Waals surface area contributed by atoms with Gasteiger partial charge in [-0.3, -0.25) is 4.79 Å². The number of nitrogens with zero attached hydrogens (tertiary/aromatic N) is 1. The summed E-state index contributed by atoms with van der Waals surface area (Å²) in [6.45, 7) is 8.57. The minimum atomic E-state index is -0.467. The molecule has 98 valence electrons. The Morgan fingerprint density at radius 1 is 1.35 bits per heavy atom. The Labute approximate surface area is 102 Å². The predicted molar refractivity (Wildman–Crippen MR) is 62.5 cm³/mol. The third-order valence-corrected chi connectivity index (χ3v) is 2.46. The molecule has 1 aliphatic rings. The lowest BCUT2D eigenvalue weighted by molar-refractivity contribution is -0.142. The summed E-state index contributed by atoms with van der Waals surface area (Å²) in [7, 11) is 0. The number of esters is 1. The molecule has 5 heteroatoms. The Balaban J connectivity index is 2.34. The van der Waals surface area contributed by atoms with E-state index in [4.69, 9.17) is 9.47 Å². The van der Waals surface area contributed by atoms with Gasteiger partial charge in [0.2, 0.25) is 0 Å². The predicted octanol–water partition coefficient (Wildman–Crippen LogP) is 1.81. The molecule has 5 nitrogen and oxygen atoms in total. The summed E-state index contributed by atoms with van der Waals surface area (Å²) in [5, 5.41) is 0. The molecule has 0 aromatic carbocycles. The standard InChI is InChI=1S/C12H21NO4/c1-9(14)16-8-10-5-6-13(7-10)11(15)17-12(2,3)4/h10H,5-8H2,1-4H3. The van der Waals surface area contributed by atoms with Crippen LogP contribution in [0.15, 0.2) is 0 Å². The van der Waals surface area contributed by atoms with Gasteiger partial charge in [0.25, 0.3) is 0 Å². The number of likely N-dealkylation sites (tertiary alicyclic amines) is 1. The number of ether oxygens (including phenoxy) is 2. The van der Waals surface area contributed by atoms with Gasteiger partial charge < -0.3 is 14.4 Å². The molecule has 0 aliphatic carbocycles. The zero-order chi connectivity index (χ0) is 13.1. The van der Waals surface area contributed by atoms with Crippen LogP contribution in [0.1, 0.15) is 34.1 Å². The Morgan fingerprint density at radius 2 is 2.00 bits per heavy atom. The van der Waals surface area contributed by atoms with Crippen LogP contribution in [-0.4, -0.2) is 42.3 Å². The third kappa shape index (κ3) is 5.06. The number of hydrogen-bond acceptors (Lipinski definition) is 4. The summed E-state index contributed by atoms with van der Waals surface area (Å²) in [6, 6.07) is 0. The molecule has 1 heterocycles. The molecule has 0 aromatic heterocycles. The summed E-state index contributed by atoms with van der Waals surface area (Å²) in [4.78, 5) is 24.1. The minimum absolute atomic E-state index is 0.228. The Bertz CT molecular complexity index is 295. The normalized spacial score (nSPS) is 20.2. The summed E-state index contributed by atoms with van der Waals surface area (Å²) in [5.74, 6) is -0.0489. The van der Waals surface area contributed by atoms with E-state index in [-0.39, 0.29) is 18.0 Å². The monoisotopic (exact) mass is 243 g/mol. The number of amides is 1. The molecule has 0 saturated carbocycles. The topological polar surface area (TPSA) is 55.8 Å². The molecule has 0 radical (unpaired) electrons. The summed E-state index contributed by atoms with van der Waals surface area (Å²) < 4.78 is 10.2. The second-order valence-corrected chi connectivity index (χ2v) is 5.38. The van der Waals surface area contributed by atoms with Crippen molar-refractivity contribution in [3.8, 4) is 0 Å². The molecule has 1 fully saturated rings. The van der Waals surface area contributed by atoms with Gasteiger partial charge in [0, 0.05) is 25.9 Å². The molecule has 0 spiro atoms. The highest BCUT2D eigenvalue weighted by Crippen LogP contribution is 2.19. The van der Waals surface area contributed by atoms with Crippen LogP contribution in [0, 0.1) is 5.92 Å². The maximum atomic E-state index is 11.7. The molecule has 1 unspecified atom stereocenters. The molecule has 1 atom stereocenters. The number of carbonyl (C=O) groups excluding carboxylic acids is 2. The van der Waals surface area contributed by atoms with Crippen molar-refractivity contribution in [3.63, 3.8) is 0 Å². The first-order valence-corrected chi connectivity index (χ1v) is 5.89. The molecule has 0 aromatic rings. The zero-order valence-electron chi connectivity index (χ0n) is 11.0. The fourth-order valence-corrected chi connectivity index (χ4v) is 1.70. The van der Waals surface area contributed by atoms with Crippen molar-refractivity contribution in [1.82, 2.24) is 4.90 Å². The molecule has 1 aliphatic heterocycles. The van der Waals surface area contributed by atoms with Crippen LogP contribution >= 0.6 is 0 Å². The number of rotatable bonds is 2. The lowest BCUT2D eigenvalue weighted by Crippen LogP contribution is -2.35. The lowest BCUT2D eigenvalue weighted by Gasteiger charge is -2.24. The average Bonchev–Trinajstić information content (AvgIpc) is 2.60. The highest BCUT2D eigenvalue weighted by Gasteiger charge is 2.30. The smallest absolute Gasteiger partial charge is 0.410 e. The van der Waals surface area contributed by atoms with Crippen LogP contribution in [-0.2, 0) is 14.3 Å². The SMILES string of the molecule is CC(=O)OCC1CCN(C(=O)OC(C)(C)C)C1. The fraction of sp³-hybridized carbons (Fsp3) is 0.833. The van der Waals surface area contributed by atoms with Gasteiger partial charge in [-0.05, 0) is 27.2 Å². The second kappa shape index (κ2) is 5.38. The maximum absolute atomic E-state index is 11.7. The highest BCUT2D eigenvalue weighted by atomic mass is 16.6. The van der Waals surface area contributed by atoms with Gasteiger partial charge in [0.1, 0.15) is 5.60 Å². The maximum Gasteiger partial charge on any atom is 0.410 e. The van der Waals surface area contributed by atoms with Crippen LogP contribution in [0.3, 0.4) is 0 Å². The van der Waals surface area contributed by atoms with Crippen LogP contribution in [0.5, 0.6) is 0 Å². The van der Waals surface area contributed by atoms with Crippen molar-refractivity contribution in [1.29, 1.82) is 0 Å². The number of carbonyl (C=O) groups is 2. The molecule has 0 bridgehead atoms. The van der Waals surface area contributed by atoms with Crippen molar-refractivity contribution in [2.45, 2.75) is 39.7 Å². The molecule has 1 amide bonds. The van der Waals surface area contributed by atoms with Crippen molar-refractivity contribution >= 4 is 12.1 Å². The molecule has 1 rings (SSSR count). The average molecular weight is 243 g/mol. The van der Waals surface area contributed by atoms with Gasteiger partial charge in [-0.1, -0.05) is 0 Å². The Hall–Kier alpha value is -1.26. The Morgan fingerprint density at radius 3 is 2.53 bits per heavy atom. The van der Waals surface area contributed by atoms with E-state index < -0.39 is 5.60 Å². The number of hydrogen-bond donors (Lipinski definition) is 0. The van der Waals surface area contributed by atoms with Crippen molar-refractivity contribution in [3.05, 3.63) is 0 Å². The van der Waals surface area contributed by atoms with Crippen LogP contribution in [0.25, 0.3) is 0 Å². The van der Waals surface area contributed by atoms with Gasteiger partial charge in [-0.2, -0.15) is 0 Å². The first kappa shape index (κ1) is 13.8. The quantitative estimate of drug-likeness (QED) is 0.694. The molecular formula is C12H21NO4. The van der Waals surface area contributed by atoms with E-state index in [1.807, 2.05) is 20.8 Å². The van der Waals surface area contributed by atoms with Gasteiger partial charge >= 0.3 is 12.1 Å². The van der Waals surface area contributed by atoms with Gasteiger partial charge in [-0.15, -0.1) is 0 Å². The van der Waals surface area contributed by atoms with Crippen molar-refractivity contribution < 1.29 is 19.1 Å². The van der Waals surface area contributed by atoms with E-state index in [0.29, 0.717) is 19.7 Å². The summed E-state index contributed by atoms with van der Waals surface area (Å²) in [6.07, 6.45) is 0.565. The van der Waals surface area contributed by atoms with E-state index in [2.05, 4.69) is 0 Å². The van der Waals surface area contributed by atoms with E-state index in [1.165, 1.54) is 6.92 Å². The minimum Gasteiger partial charge on any atom is -0.466 e. The molecular weight excluding hydrogens is 222 g/mol.